The van der Waals surface area contributed by atoms with E-state index < -0.39 is 0 Å². The van der Waals surface area contributed by atoms with Crippen LogP contribution >= 0.6 is 0 Å². The van der Waals surface area contributed by atoms with Crippen LogP contribution in [0.15, 0.2) is 140 Å². The van der Waals surface area contributed by atoms with Crippen molar-refractivity contribution in [1.29, 1.82) is 0 Å². The summed E-state index contributed by atoms with van der Waals surface area (Å²) in [5.74, 6) is 0. The maximum atomic E-state index is 2.50. The molecule has 0 fully saturated rings. The van der Waals surface area contributed by atoms with E-state index in [-0.39, 0.29) is 5.41 Å². The van der Waals surface area contributed by atoms with Crippen LogP contribution in [0, 0.1) is 0 Å². The zero-order chi connectivity index (χ0) is 29.2. The highest BCUT2D eigenvalue weighted by Gasteiger charge is 2.38. The Morgan fingerprint density at radius 2 is 1.09 bits per heavy atom. The second-order valence-corrected chi connectivity index (χ2v) is 12.9. The van der Waals surface area contributed by atoms with Gasteiger partial charge in [-0.2, -0.15) is 0 Å². The van der Waals surface area contributed by atoms with Gasteiger partial charge in [-0.15, -0.1) is 0 Å². The topological polar surface area (TPSA) is 4.93 Å². The van der Waals surface area contributed by atoms with Crippen LogP contribution in [0.25, 0.3) is 81.7 Å². The van der Waals surface area contributed by atoms with Gasteiger partial charge in [0.2, 0.25) is 0 Å². The van der Waals surface area contributed by atoms with Gasteiger partial charge < -0.3 is 4.57 Å². The highest BCUT2D eigenvalue weighted by atomic mass is 15.0. The largest absolute Gasteiger partial charge is 0.309 e. The first-order chi connectivity index (χ1) is 21.6. The maximum Gasteiger partial charge on any atom is 0.0544 e. The average molecular weight is 560 g/mol. The fourth-order valence-electron chi connectivity index (χ4n) is 8.35. The Labute approximate surface area is 255 Å². The molecule has 10 rings (SSSR count). The van der Waals surface area contributed by atoms with Gasteiger partial charge in [0.25, 0.3) is 0 Å². The number of rotatable bonds is 1. The Morgan fingerprint density at radius 3 is 1.93 bits per heavy atom. The lowest BCUT2D eigenvalue weighted by Gasteiger charge is -2.22. The maximum absolute atomic E-state index is 2.50. The van der Waals surface area contributed by atoms with Crippen LogP contribution in [-0.2, 0) is 5.41 Å². The van der Waals surface area contributed by atoms with Gasteiger partial charge in [0.1, 0.15) is 0 Å². The molecule has 9 aromatic rings. The first kappa shape index (κ1) is 24.1. The molecular weight excluding hydrogens is 530 g/mol. The second kappa shape index (κ2) is 8.36. The van der Waals surface area contributed by atoms with Gasteiger partial charge in [-0.1, -0.05) is 123 Å². The minimum atomic E-state index is -0.139. The molecule has 0 atom stereocenters. The van der Waals surface area contributed by atoms with Gasteiger partial charge in [-0.3, -0.25) is 0 Å². The van der Waals surface area contributed by atoms with E-state index in [4.69, 9.17) is 0 Å². The lowest BCUT2D eigenvalue weighted by molar-refractivity contribution is 0.661. The van der Waals surface area contributed by atoms with Crippen LogP contribution in [0.5, 0.6) is 0 Å². The van der Waals surface area contributed by atoms with Crippen LogP contribution in [0.1, 0.15) is 25.0 Å². The number of nitrogens with zero attached hydrogens (tertiary/aromatic N) is 1. The van der Waals surface area contributed by atoms with Crippen LogP contribution in [0.2, 0.25) is 0 Å². The van der Waals surface area contributed by atoms with E-state index in [1.807, 2.05) is 0 Å². The molecule has 44 heavy (non-hydrogen) atoms. The molecule has 0 saturated carbocycles. The molecule has 1 heteroatoms. The summed E-state index contributed by atoms with van der Waals surface area (Å²) in [6.07, 6.45) is 0. The van der Waals surface area contributed by atoms with Gasteiger partial charge in [0, 0.05) is 21.9 Å². The summed E-state index contributed by atoms with van der Waals surface area (Å²) in [5.41, 5.74) is 9.14. The Bertz CT molecular complexity index is 2670. The SMILES string of the molecule is CC1(C)c2cc3c(cc2-c2c1ccc1c2c2ccccc2c2ccc4ccccc4c21)c1ccccc1n3-c1ccccc1. The molecule has 0 unspecified atom stereocenters. The summed E-state index contributed by atoms with van der Waals surface area (Å²) < 4.78 is 2.44. The summed E-state index contributed by atoms with van der Waals surface area (Å²) in [7, 11) is 0. The van der Waals surface area contributed by atoms with Crippen LogP contribution in [0.4, 0.5) is 0 Å². The van der Waals surface area contributed by atoms with Crippen molar-refractivity contribution in [3.05, 3.63) is 151 Å². The number of hydrogen-bond donors (Lipinski definition) is 0. The second-order valence-electron chi connectivity index (χ2n) is 12.9. The molecule has 0 spiro atoms. The van der Waals surface area contributed by atoms with E-state index in [0.29, 0.717) is 0 Å². The highest BCUT2D eigenvalue weighted by molar-refractivity contribution is 6.34. The molecule has 206 valence electrons. The third-order valence-corrected chi connectivity index (χ3v) is 10.3. The smallest absolute Gasteiger partial charge is 0.0544 e. The summed E-state index contributed by atoms with van der Waals surface area (Å²) in [5, 5.41) is 13.2. The first-order valence-corrected chi connectivity index (χ1v) is 15.5. The quantitative estimate of drug-likeness (QED) is 0.176. The molecule has 1 aliphatic carbocycles. The molecule has 8 aromatic carbocycles. The number of aromatic nitrogens is 1. The Hall–Kier alpha value is -5.40. The van der Waals surface area contributed by atoms with E-state index in [0.717, 1.165) is 0 Å². The van der Waals surface area contributed by atoms with Crippen LogP contribution in [0.3, 0.4) is 0 Å². The third kappa shape index (κ3) is 2.94. The van der Waals surface area contributed by atoms with E-state index in [1.54, 1.807) is 0 Å². The van der Waals surface area contributed by atoms with Gasteiger partial charge in [0.05, 0.1) is 11.0 Å². The molecule has 1 nitrogen and oxygen atoms in total. The monoisotopic (exact) mass is 559 g/mol. The Morgan fingerprint density at radius 1 is 0.432 bits per heavy atom. The van der Waals surface area contributed by atoms with Crippen molar-refractivity contribution in [2.24, 2.45) is 0 Å². The normalized spacial score (nSPS) is 13.9. The standard InChI is InChI=1S/C43H29N/c1-43(2)36-23-22-33-40-28-15-7-6-12-26(28)20-21-32(40)29-16-8-9-18-31(29)41(33)42(36)35-24-34-30-17-10-11-19-38(30)44(39(34)25-37(35)43)27-13-4-3-5-14-27/h3-25H,1-2H3. The highest BCUT2D eigenvalue weighted by Crippen LogP contribution is 2.55. The molecule has 1 heterocycles. The summed E-state index contributed by atoms with van der Waals surface area (Å²) >= 11 is 0. The van der Waals surface area contributed by atoms with Crippen molar-refractivity contribution in [3.8, 4) is 16.8 Å². The molecule has 0 N–H and O–H groups in total. The molecule has 0 amide bonds. The van der Waals surface area contributed by atoms with Gasteiger partial charge in [-0.25, -0.2) is 0 Å². The van der Waals surface area contributed by atoms with E-state index in [1.165, 1.54) is 92.8 Å². The molecule has 0 bridgehead atoms. The fourth-order valence-corrected chi connectivity index (χ4v) is 8.35. The van der Waals surface area contributed by atoms with Gasteiger partial charge in [0.15, 0.2) is 0 Å². The van der Waals surface area contributed by atoms with Gasteiger partial charge in [-0.05, 0) is 95.7 Å². The zero-order valence-corrected chi connectivity index (χ0v) is 24.7. The minimum Gasteiger partial charge on any atom is -0.309 e. The van der Waals surface area contributed by atoms with Crippen molar-refractivity contribution >= 4 is 64.9 Å². The third-order valence-electron chi connectivity index (χ3n) is 10.3. The zero-order valence-electron chi connectivity index (χ0n) is 24.7. The predicted molar refractivity (Wildman–Crippen MR) is 188 cm³/mol. The fraction of sp³-hybridized carbons (Fsp3) is 0.0698. The number of benzene rings is 8. The number of para-hydroxylation sites is 2. The lowest BCUT2D eigenvalue weighted by atomic mass is 9.81. The van der Waals surface area contributed by atoms with Crippen molar-refractivity contribution in [1.82, 2.24) is 4.57 Å². The summed E-state index contributed by atoms with van der Waals surface area (Å²) in [6.45, 7) is 4.81. The molecule has 0 saturated heterocycles. The van der Waals surface area contributed by atoms with Crippen LogP contribution in [-0.4, -0.2) is 4.57 Å². The summed E-state index contributed by atoms with van der Waals surface area (Å²) in [6, 6.07) is 51.9. The molecular formula is C43H29N. The number of hydrogen-bond acceptors (Lipinski definition) is 0. The average Bonchev–Trinajstić information content (AvgIpc) is 3.51. The van der Waals surface area contributed by atoms with E-state index >= 15 is 0 Å². The van der Waals surface area contributed by atoms with Crippen molar-refractivity contribution in [2.75, 3.05) is 0 Å². The van der Waals surface area contributed by atoms with Crippen molar-refractivity contribution < 1.29 is 0 Å². The Balaban J connectivity index is 1.42. The first-order valence-electron chi connectivity index (χ1n) is 15.5. The molecule has 0 aliphatic heterocycles. The van der Waals surface area contributed by atoms with Gasteiger partial charge >= 0.3 is 0 Å². The van der Waals surface area contributed by atoms with Crippen molar-refractivity contribution in [2.45, 2.75) is 19.3 Å². The minimum absolute atomic E-state index is 0.139. The lowest BCUT2D eigenvalue weighted by Crippen LogP contribution is -2.15. The van der Waals surface area contributed by atoms with Crippen molar-refractivity contribution in [3.63, 3.8) is 0 Å². The Kier molecular flexibility index (Phi) is 4.58. The molecule has 1 aliphatic rings. The van der Waals surface area contributed by atoms with Crippen LogP contribution < -0.4 is 0 Å². The molecule has 0 radical (unpaired) electrons. The number of fused-ring (bicyclic) bond motifs is 15. The predicted octanol–water partition coefficient (Wildman–Crippen LogP) is 11.7. The van der Waals surface area contributed by atoms with E-state index in [2.05, 4.69) is 158 Å². The molecule has 1 aromatic heterocycles. The summed E-state index contributed by atoms with van der Waals surface area (Å²) in [4.78, 5) is 0. The van der Waals surface area contributed by atoms with E-state index in [9.17, 15) is 0 Å².